The SMILES string of the molecule is C=CC(CC)[SiH](OCCC)OCCC. The topological polar surface area (TPSA) is 18.5 Å². The van der Waals surface area contributed by atoms with Crippen molar-refractivity contribution < 1.29 is 8.85 Å². The van der Waals surface area contributed by atoms with Gasteiger partial charge in [0.25, 0.3) is 0 Å². The second kappa shape index (κ2) is 9.43. The first-order valence-electron chi connectivity index (χ1n) is 5.65. The third-order valence-electron chi connectivity index (χ3n) is 2.10. The Morgan fingerprint density at radius 3 is 1.93 bits per heavy atom. The highest BCUT2D eigenvalue weighted by Gasteiger charge is 2.21. The molecule has 3 heteroatoms. The van der Waals surface area contributed by atoms with E-state index >= 15 is 0 Å². The van der Waals surface area contributed by atoms with E-state index in [0.29, 0.717) is 5.54 Å². The van der Waals surface area contributed by atoms with Crippen molar-refractivity contribution in [3.8, 4) is 0 Å². The largest absolute Gasteiger partial charge is 0.396 e. The van der Waals surface area contributed by atoms with Gasteiger partial charge in [-0.3, -0.25) is 0 Å². The van der Waals surface area contributed by atoms with Crippen LogP contribution in [-0.2, 0) is 8.85 Å². The van der Waals surface area contributed by atoms with Crippen LogP contribution in [-0.4, -0.2) is 22.5 Å². The van der Waals surface area contributed by atoms with E-state index in [0.717, 1.165) is 32.5 Å². The van der Waals surface area contributed by atoms with Gasteiger partial charge in [-0.15, -0.1) is 6.58 Å². The molecule has 84 valence electrons. The summed E-state index contributed by atoms with van der Waals surface area (Å²) in [4.78, 5) is 0. The van der Waals surface area contributed by atoms with Crippen LogP contribution in [0.2, 0.25) is 5.54 Å². The Kier molecular flexibility index (Phi) is 9.35. The summed E-state index contributed by atoms with van der Waals surface area (Å²) in [5.41, 5.74) is 0.452. The van der Waals surface area contributed by atoms with Crippen molar-refractivity contribution >= 4 is 9.28 Å². The van der Waals surface area contributed by atoms with Gasteiger partial charge in [-0.2, -0.15) is 0 Å². The van der Waals surface area contributed by atoms with Gasteiger partial charge in [0.1, 0.15) is 0 Å². The number of hydrogen-bond acceptors (Lipinski definition) is 2. The summed E-state index contributed by atoms with van der Waals surface area (Å²) in [6, 6.07) is 0. The van der Waals surface area contributed by atoms with Gasteiger partial charge in [-0.25, -0.2) is 0 Å². The minimum atomic E-state index is -1.50. The van der Waals surface area contributed by atoms with Gasteiger partial charge < -0.3 is 8.85 Å². The lowest BCUT2D eigenvalue weighted by molar-refractivity contribution is 0.191. The fraction of sp³-hybridized carbons (Fsp3) is 0.818. The van der Waals surface area contributed by atoms with E-state index in [2.05, 4.69) is 27.4 Å². The van der Waals surface area contributed by atoms with Crippen LogP contribution < -0.4 is 0 Å². The van der Waals surface area contributed by atoms with E-state index < -0.39 is 9.28 Å². The van der Waals surface area contributed by atoms with E-state index in [1.807, 2.05) is 6.08 Å². The van der Waals surface area contributed by atoms with Crippen LogP contribution in [0, 0.1) is 0 Å². The number of rotatable bonds is 9. The van der Waals surface area contributed by atoms with E-state index in [4.69, 9.17) is 8.85 Å². The summed E-state index contributed by atoms with van der Waals surface area (Å²) >= 11 is 0. The summed E-state index contributed by atoms with van der Waals surface area (Å²) in [5.74, 6) is 0. The molecule has 0 heterocycles. The average molecular weight is 216 g/mol. The molecule has 0 saturated heterocycles. The van der Waals surface area contributed by atoms with Gasteiger partial charge in [0, 0.05) is 18.8 Å². The Morgan fingerprint density at radius 1 is 1.14 bits per heavy atom. The first-order chi connectivity index (χ1) is 6.79. The van der Waals surface area contributed by atoms with E-state index in [1.54, 1.807) is 0 Å². The maximum absolute atomic E-state index is 5.78. The van der Waals surface area contributed by atoms with Crippen LogP contribution in [0.25, 0.3) is 0 Å². The van der Waals surface area contributed by atoms with Crippen LogP contribution in [0.15, 0.2) is 12.7 Å². The van der Waals surface area contributed by atoms with Gasteiger partial charge in [-0.1, -0.05) is 26.8 Å². The minimum absolute atomic E-state index is 0.452. The van der Waals surface area contributed by atoms with Crippen LogP contribution in [0.1, 0.15) is 40.0 Å². The minimum Gasteiger partial charge on any atom is -0.396 e. The molecule has 0 aliphatic carbocycles. The van der Waals surface area contributed by atoms with Crippen molar-refractivity contribution in [3.63, 3.8) is 0 Å². The molecule has 0 bridgehead atoms. The first kappa shape index (κ1) is 13.9. The Labute approximate surface area is 90.2 Å². The molecular weight excluding hydrogens is 192 g/mol. The molecule has 0 amide bonds. The van der Waals surface area contributed by atoms with Crippen LogP contribution in [0.5, 0.6) is 0 Å². The highest BCUT2D eigenvalue weighted by Crippen LogP contribution is 2.18. The molecular formula is C11H24O2Si. The van der Waals surface area contributed by atoms with Gasteiger partial charge in [0.05, 0.1) is 0 Å². The number of hydrogen-bond donors (Lipinski definition) is 0. The molecule has 1 atom stereocenters. The van der Waals surface area contributed by atoms with Gasteiger partial charge in [0.2, 0.25) is 0 Å². The Morgan fingerprint density at radius 2 is 1.64 bits per heavy atom. The van der Waals surface area contributed by atoms with Crippen LogP contribution >= 0.6 is 0 Å². The molecule has 0 spiro atoms. The van der Waals surface area contributed by atoms with Crippen molar-refractivity contribution in [2.24, 2.45) is 0 Å². The Hall–Kier alpha value is -0.123. The third kappa shape index (κ3) is 5.57. The molecule has 0 aliphatic heterocycles. The zero-order valence-corrected chi connectivity index (χ0v) is 10.9. The molecule has 0 aliphatic rings. The monoisotopic (exact) mass is 216 g/mol. The van der Waals surface area contributed by atoms with Gasteiger partial charge in [0.15, 0.2) is 0 Å². The zero-order valence-electron chi connectivity index (χ0n) is 9.79. The summed E-state index contributed by atoms with van der Waals surface area (Å²) in [6.07, 6.45) is 5.19. The lowest BCUT2D eigenvalue weighted by atomic mass is 10.3. The predicted molar refractivity (Wildman–Crippen MR) is 63.9 cm³/mol. The zero-order chi connectivity index (χ0) is 10.8. The lowest BCUT2D eigenvalue weighted by Gasteiger charge is -2.21. The molecule has 0 aromatic heterocycles. The van der Waals surface area contributed by atoms with E-state index in [-0.39, 0.29) is 0 Å². The normalized spacial score (nSPS) is 13.1. The highest BCUT2D eigenvalue weighted by atomic mass is 28.3. The maximum atomic E-state index is 5.78. The molecule has 2 nitrogen and oxygen atoms in total. The second-order valence-electron chi connectivity index (χ2n) is 3.42. The molecule has 0 fully saturated rings. The smallest absolute Gasteiger partial charge is 0.328 e. The fourth-order valence-electron chi connectivity index (χ4n) is 1.23. The Balaban J connectivity index is 3.98. The third-order valence-corrected chi connectivity index (χ3v) is 4.67. The average Bonchev–Trinajstić information content (AvgIpc) is 2.22. The fourth-order valence-corrected chi connectivity index (χ4v) is 3.37. The maximum Gasteiger partial charge on any atom is 0.328 e. The molecule has 0 radical (unpaired) electrons. The lowest BCUT2D eigenvalue weighted by Crippen LogP contribution is -2.28. The molecule has 0 aromatic rings. The predicted octanol–water partition coefficient (Wildman–Crippen LogP) is 3.03. The highest BCUT2D eigenvalue weighted by molar-refractivity contribution is 6.47. The summed E-state index contributed by atoms with van der Waals surface area (Å²) < 4.78 is 11.6. The molecule has 1 unspecified atom stereocenters. The van der Waals surface area contributed by atoms with E-state index in [9.17, 15) is 0 Å². The molecule has 0 rings (SSSR count). The molecule has 0 N–H and O–H groups in total. The molecule has 0 saturated carbocycles. The van der Waals surface area contributed by atoms with Crippen LogP contribution in [0.4, 0.5) is 0 Å². The van der Waals surface area contributed by atoms with Crippen molar-refractivity contribution in [2.75, 3.05) is 13.2 Å². The van der Waals surface area contributed by atoms with Crippen molar-refractivity contribution in [3.05, 3.63) is 12.7 Å². The van der Waals surface area contributed by atoms with Crippen molar-refractivity contribution in [1.29, 1.82) is 0 Å². The van der Waals surface area contributed by atoms with Crippen molar-refractivity contribution in [1.82, 2.24) is 0 Å². The molecule has 14 heavy (non-hydrogen) atoms. The van der Waals surface area contributed by atoms with Crippen LogP contribution in [0.3, 0.4) is 0 Å². The molecule has 0 aromatic carbocycles. The number of allylic oxidation sites excluding steroid dienone is 1. The summed E-state index contributed by atoms with van der Waals surface area (Å²) in [5, 5.41) is 0. The Bertz CT molecular complexity index is 131. The van der Waals surface area contributed by atoms with Gasteiger partial charge in [-0.05, 0) is 19.3 Å². The van der Waals surface area contributed by atoms with E-state index in [1.165, 1.54) is 0 Å². The second-order valence-corrected chi connectivity index (χ2v) is 5.68. The standard InChI is InChI=1S/C11H24O2Si/c1-5-9-12-14(13-10-6-2)11(7-3)8-4/h7,11,14H,3,5-6,8-10H2,1-2,4H3. The van der Waals surface area contributed by atoms with Gasteiger partial charge >= 0.3 is 9.28 Å². The quantitative estimate of drug-likeness (QED) is 0.436. The summed E-state index contributed by atoms with van der Waals surface area (Å²) in [7, 11) is -1.50. The first-order valence-corrected chi connectivity index (χ1v) is 7.26. The van der Waals surface area contributed by atoms with Crippen molar-refractivity contribution in [2.45, 2.75) is 45.6 Å². The summed E-state index contributed by atoms with van der Waals surface area (Å²) in [6.45, 7) is 11.9.